The lowest BCUT2D eigenvalue weighted by atomic mass is 9.99. The van der Waals surface area contributed by atoms with Crippen molar-refractivity contribution < 1.29 is 24.1 Å². The maximum atomic E-state index is 11.8. The van der Waals surface area contributed by atoms with E-state index < -0.39 is 12.4 Å². The molecule has 4 aromatic rings. The van der Waals surface area contributed by atoms with Gasteiger partial charge in [0.15, 0.2) is 6.29 Å². The van der Waals surface area contributed by atoms with Crippen LogP contribution in [0.1, 0.15) is 41.1 Å². The van der Waals surface area contributed by atoms with Crippen LogP contribution in [-0.2, 0) is 27.4 Å². The Morgan fingerprint density at radius 2 is 1.67 bits per heavy atom. The third-order valence-electron chi connectivity index (χ3n) is 6.98. The number of carbonyl (C=O) groups is 1. The Bertz CT molecular complexity index is 1460. The third-order valence-corrected chi connectivity index (χ3v) is 8.13. The Morgan fingerprint density at radius 3 is 2.43 bits per heavy atom. The van der Waals surface area contributed by atoms with Gasteiger partial charge in [0.25, 0.3) is 0 Å². The van der Waals surface area contributed by atoms with Crippen LogP contribution in [0.5, 0.6) is 0 Å². The van der Waals surface area contributed by atoms with Crippen molar-refractivity contribution in [3.8, 4) is 11.1 Å². The zero-order valence-corrected chi connectivity index (χ0v) is 24.2. The van der Waals surface area contributed by atoms with Gasteiger partial charge in [-0.25, -0.2) is 4.79 Å². The third kappa shape index (κ3) is 8.11. The van der Waals surface area contributed by atoms with Gasteiger partial charge in [0.2, 0.25) is 0 Å². The molecule has 0 bridgehead atoms. The van der Waals surface area contributed by atoms with Gasteiger partial charge in [-0.1, -0.05) is 91.5 Å². The van der Waals surface area contributed by atoms with E-state index in [1.54, 1.807) is 11.8 Å². The summed E-state index contributed by atoms with van der Waals surface area (Å²) >= 11 is 1.78. The van der Waals surface area contributed by atoms with E-state index >= 15 is 0 Å². The number of hydrogen-bond donors (Lipinski definition) is 2. The van der Waals surface area contributed by atoms with E-state index in [9.17, 15) is 9.90 Å². The minimum atomic E-state index is -0.535. The van der Waals surface area contributed by atoms with E-state index in [4.69, 9.17) is 14.2 Å². The van der Waals surface area contributed by atoms with Gasteiger partial charge in [-0.15, -0.1) is 11.8 Å². The topological polar surface area (TPSA) is 77.0 Å². The van der Waals surface area contributed by atoms with Gasteiger partial charge >= 0.3 is 6.09 Å². The van der Waals surface area contributed by atoms with Crippen LogP contribution in [0.2, 0.25) is 0 Å². The summed E-state index contributed by atoms with van der Waals surface area (Å²) in [6, 6.07) is 34.6. The molecule has 6 nitrogen and oxygen atoms in total. The van der Waals surface area contributed by atoms with Gasteiger partial charge in [-0.05, 0) is 52.1 Å². The normalized spacial score (nSPS) is 18.3. The van der Waals surface area contributed by atoms with Crippen LogP contribution in [0.25, 0.3) is 11.1 Å². The lowest BCUT2D eigenvalue weighted by molar-refractivity contribution is -0.245. The molecule has 42 heavy (non-hydrogen) atoms. The summed E-state index contributed by atoms with van der Waals surface area (Å²) in [4.78, 5) is 13.0. The SMILES string of the molecule is C=CCOC(=O)NCc1cccc(-c2cccc([C@@H]3O[C@H](CSc4ccccc4)C[C@H](c4ccc(CO)cc4)O3)c2)c1. The molecule has 0 saturated carbocycles. The first-order chi connectivity index (χ1) is 20.6. The van der Waals surface area contributed by atoms with E-state index in [1.165, 1.54) is 11.0 Å². The first kappa shape index (κ1) is 29.6. The fraction of sp³-hybridized carbons (Fsp3) is 0.229. The number of alkyl carbamates (subject to hydrolysis) is 1. The van der Waals surface area contributed by atoms with Crippen molar-refractivity contribution in [2.24, 2.45) is 0 Å². The van der Waals surface area contributed by atoms with Crippen LogP contribution in [0.15, 0.2) is 121 Å². The molecule has 1 amide bonds. The number of rotatable bonds is 11. The average molecular weight is 582 g/mol. The van der Waals surface area contributed by atoms with Crippen molar-refractivity contribution in [1.29, 1.82) is 0 Å². The van der Waals surface area contributed by atoms with E-state index in [0.29, 0.717) is 6.54 Å². The number of thioether (sulfide) groups is 1. The monoisotopic (exact) mass is 581 g/mol. The Labute approximate surface area is 251 Å². The van der Waals surface area contributed by atoms with Crippen molar-refractivity contribution in [1.82, 2.24) is 5.32 Å². The molecule has 0 aromatic heterocycles. The zero-order valence-electron chi connectivity index (χ0n) is 23.4. The number of benzene rings is 4. The number of aliphatic hydroxyl groups excluding tert-OH is 1. The molecule has 2 N–H and O–H groups in total. The van der Waals surface area contributed by atoms with Crippen molar-refractivity contribution in [3.05, 3.63) is 138 Å². The Kier molecular flexibility index (Phi) is 10.5. The van der Waals surface area contributed by atoms with Crippen molar-refractivity contribution >= 4 is 17.9 Å². The summed E-state index contributed by atoms with van der Waals surface area (Å²) in [5.74, 6) is 0.805. The van der Waals surface area contributed by atoms with Gasteiger partial charge in [0.05, 0.1) is 18.8 Å². The summed E-state index contributed by atoms with van der Waals surface area (Å²) in [6.45, 7) is 4.10. The summed E-state index contributed by atoms with van der Waals surface area (Å²) in [7, 11) is 0. The first-order valence-corrected chi connectivity index (χ1v) is 15.0. The van der Waals surface area contributed by atoms with Crippen molar-refractivity contribution in [2.75, 3.05) is 12.4 Å². The number of ether oxygens (including phenoxy) is 3. The molecule has 0 unspecified atom stereocenters. The Hall–Kier alpha value is -3.88. The van der Waals surface area contributed by atoms with Gasteiger partial charge in [0, 0.05) is 29.2 Å². The number of amides is 1. The van der Waals surface area contributed by atoms with Gasteiger partial charge in [-0.3, -0.25) is 0 Å². The predicted molar refractivity (Wildman–Crippen MR) is 166 cm³/mol. The second-order valence-corrected chi connectivity index (χ2v) is 11.1. The Morgan fingerprint density at radius 1 is 0.905 bits per heavy atom. The highest BCUT2D eigenvalue weighted by atomic mass is 32.2. The summed E-state index contributed by atoms with van der Waals surface area (Å²) in [6.07, 6.45) is 1.10. The second-order valence-electron chi connectivity index (χ2n) is 10.0. The molecule has 3 atom stereocenters. The highest BCUT2D eigenvalue weighted by molar-refractivity contribution is 7.99. The highest BCUT2D eigenvalue weighted by Gasteiger charge is 2.32. The van der Waals surface area contributed by atoms with Crippen LogP contribution in [-0.4, -0.2) is 29.7 Å². The maximum absolute atomic E-state index is 11.8. The Balaban J connectivity index is 1.34. The molecule has 4 aromatic carbocycles. The number of hydrogen-bond acceptors (Lipinski definition) is 6. The largest absolute Gasteiger partial charge is 0.445 e. The smallest absolute Gasteiger partial charge is 0.407 e. The molecule has 0 spiro atoms. The van der Waals surface area contributed by atoms with E-state index in [1.807, 2.05) is 72.8 Å². The van der Waals surface area contributed by atoms with E-state index in [2.05, 4.69) is 42.2 Å². The minimum absolute atomic E-state index is 0.0112. The molecular formula is C35H35NO5S. The molecule has 0 aliphatic carbocycles. The van der Waals surface area contributed by atoms with Crippen LogP contribution >= 0.6 is 11.8 Å². The summed E-state index contributed by atoms with van der Waals surface area (Å²) < 4.78 is 18.1. The molecule has 0 radical (unpaired) electrons. The first-order valence-electron chi connectivity index (χ1n) is 14.0. The molecule has 7 heteroatoms. The standard InChI is InChI=1S/C35H35NO5S/c1-2-18-39-35(38)36-22-26-8-6-9-28(19-26)29-10-7-11-30(20-29)34-40-31(24-42-32-12-4-3-5-13-32)21-33(41-34)27-16-14-25(23-37)15-17-27/h2-17,19-20,31,33-34,37H,1,18,21-24H2,(H,36,38)/t31-,33+,34+/m0/s1. The van der Waals surface area contributed by atoms with Gasteiger partial charge < -0.3 is 24.6 Å². The lowest BCUT2D eigenvalue weighted by Gasteiger charge is -2.36. The molecule has 1 aliphatic rings. The average Bonchev–Trinajstić information content (AvgIpc) is 3.06. The number of carbonyl (C=O) groups excluding carboxylic acids is 1. The second kappa shape index (κ2) is 14.8. The fourth-order valence-electron chi connectivity index (χ4n) is 4.81. The maximum Gasteiger partial charge on any atom is 0.407 e. The van der Waals surface area contributed by atoms with Crippen LogP contribution in [0.3, 0.4) is 0 Å². The zero-order chi connectivity index (χ0) is 29.1. The van der Waals surface area contributed by atoms with E-state index in [0.717, 1.165) is 45.6 Å². The molecule has 5 rings (SSSR count). The number of aliphatic hydroxyl groups is 1. The molecular weight excluding hydrogens is 546 g/mol. The van der Waals surface area contributed by atoms with Crippen LogP contribution in [0.4, 0.5) is 4.79 Å². The molecule has 1 fully saturated rings. The predicted octanol–water partition coefficient (Wildman–Crippen LogP) is 7.60. The summed E-state index contributed by atoms with van der Waals surface area (Å²) in [5.41, 5.74) is 5.90. The molecule has 1 aliphatic heterocycles. The molecule has 1 heterocycles. The van der Waals surface area contributed by atoms with Crippen LogP contribution < -0.4 is 5.32 Å². The van der Waals surface area contributed by atoms with Crippen LogP contribution in [0, 0.1) is 0 Å². The lowest BCUT2D eigenvalue weighted by Crippen LogP contribution is -2.31. The molecule has 1 saturated heterocycles. The van der Waals surface area contributed by atoms with Gasteiger partial charge in [-0.2, -0.15) is 0 Å². The van der Waals surface area contributed by atoms with E-state index in [-0.39, 0.29) is 25.4 Å². The van der Waals surface area contributed by atoms with Crippen molar-refractivity contribution in [2.45, 2.75) is 43.0 Å². The quantitative estimate of drug-likeness (QED) is 0.140. The summed E-state index contributed by atoms with van der Waals surface area (Å²) in [5, 5.41) is 12.3. The van der Waals surface area contributed by atoms with Gasteiger partial charge in [0.1, 0.15) is 6.61 Å². The number of nitrogens with one attached hydrogen (secondary N) is 1. The fourth-order valence-corrected chi connectivity index (χ4v) is 5.76. The minimum Gasteiger partial charge on any atom is -0.445 e. The van der Waals surface area contributed by atoms with Crippen molar-refractivity contribution in [3.63, 3.8) is 0 Å². The highest BCUT2D eigenvalue weighted by Crippen LogP contribution is 2.40. The molecule has 216 valence electrons.